The minimum atomic E-state index is -4.67. The molecule has 0 aromatic heterocycles. The zero-order valence-corrected chi connectivity index (χ0v) is 12.3. The van der Waals surface area contributed by atoms with Gasteiger partial charge < -0.3 is 0 Å². The van der Waals surface area contributed by atoms with Gasteiger partial charge in [-0.2, -0.15) is 25.3 Å². The second kappa shape index (κ2) is 8.25. The Kier molecular flexibility index (Phi) is 8.75. The van der Waals surface area contributed by atoms with Crippen LogP contribution in [0.4, 0.5) is 0 Å². The van der Waals surface area contributed by atoms with Gasteiger partial charge in [-0.25, -0.2) is 0 Å². The third-order valence-corrected chi connectivity index (χ3v) is 1.91. The Morgan fingerprint density at radius 1 is 0.750 bits per heavy atom. The van der Waals surface area contributed by atoms with Crippen molar-refractivity contribution >= 4 is 30.6 Å². The van der Waals surface area contributed by atoms with Crippen LogP contribution in [0.3, 0.4) is 0 Å². The molecule has 0 aliphatic heterocycles. The Balaban J connectivity index is 0. The minimum Gasteiger partial charge on any atom is -0.286 e. The van der Waals surface area contributed by atoms with Crippen LogP contribution in [0.5, 0.6) is 0 Å². The molecule has 118 valence electrons. The third-order valence-electron chi connectivity index (χ3n) is 1.04. The maximum atomic E-state index is 10.4. The molecule has 10 nitrogen and oxygen atoms in total. The summed E-state index contributed by atoms with van der Waals surface area (Å²) < 4.78 is 86.7. The molecule has 0 unspecified atom stereocenters. The first-order valence-corrected chi connectivity index (χ1v) is 8.94. The maximum absolute atomic E-state index is 10.4. The summed E-state index contributed by atoms with van der Waals surface area (Å²) in [4.78, 5) is -0.0741. The van der Waals surface area contributed by atoms with Crippen molar-refractivity contribution in [2.24, 2.45) is 0 Å². The standard InChI is InChI=1S/C6H6O3S.CH4O3S.H2O4S/c7-10(8,9)6-4-2-1-3-5-6;2*1-5(2,3)4/h1-5H,(H,7,8,9);1H3,(H,2,3,4);(H2,1,2,3,4). The van der Waals surface area contributed by atoms with Gasteiger partial charge in [0.05, 0.1) is 11.2 Å². The van der Waals surface area contributed by atoms with E-state index in [-0.39, 0.29) is 4.90 Å². The van der Waals surface area contributed by atoms with E-state index in [1.807, 2.05) is 0 Å². The smallest absolute Gasteiger partial charge is 0.286 e. The number of hydrogen-bond acceptors (Lipinski definition) is 6. The molecule has 0 heterocycles. The molecule has 1 rings (SSSR count). The van der Waals surface area contributed by atoms with E-state index < -0.39 is 30.6 Å². The van der Waals surface area contributed by atoms with Crippen molar-refractivity contribution < 1.29 is 43.5 Å². The fraction of sp³-hybridized carbons (Fsp3) is 0.143. The van der Waals surface area contributed by atoms with Crippen LogP contribution >= 0.6 is 0 Å². The van der Waals surface area contributed by atoms with Crippen molar-refractivity contribution in [2.75, 3.05) is 6.26 Å². The molecule has 0 radical (unpaired) electrons. The molecule has 0 saturated heterocycles. The number of benzene rings is 1. The molecule has 0 atom stereocenters. The van der Waals surface area contributed by atoms with Crippen LogP contribution in [-0.2, 0) is 30.6 Å². The second-order valence-electron chi connectivity index (χ2n) is 2.97. The highest BCUT2D eigenvalue weighted by atomic mass is 32.3. The normalized spacial score (nSPS) is 11.4. The van der Waals surface area contributed by atoms with Crippen LogP contribution in [0.15, 0.2) is 35.2 Å². The highest BCUT2D eigenvalue weighted by molar-refractivity contribution is 7.85. The summed E-state index contributed by atoms with van der Waals surface area (Å²) in [5.74, 6) is 0. The van der Waals surface area contributed by atoms with E-state index >= 15 is 0 Å². The molecule has 0 amide bonds. The van der Waals surface area contributed by atoms with Crippen molar-refractivity contribution in [2.45, 2.75) is 4.90 Å². The fourth-order valence-electron chi connectivity index (χ4n) is 0.592. The highest BCUT2D eigenvalue weighted by Gasteiger charge is 2.05. The SMILES string of the molecule is CS(=O)(=O)O.O=S(=O)(O)O.O=S(=O)(O)c1ccccc1. The molecule has 0 saturated carbocycles. The Labute approximate surface area is 116 Å². The van der Waals surface area contributed by atoms with Crippen molar-refractivity contribution in [3.8, 4) is 0 Å². The zero-order valence-electron chi connectivity index (χ0n) is 9.85. The van der Waals surface area contributed by atoms with Gasteiger partial charge in [-0.3, -0.25) is 18.2 Å². The Morgan fingerprint density at radius 2 is 1.00 bits per heavy atom. The first-order valence-electron chi connectivity index (χ1n) is 4.25. The monoisotopic (exact) mass is 352 g/mol. The zero-order chi connectivity index (χ0) is 16.6. The van der Waals surface area contributed by atoms with Gasteiger partial charge in [-0.15, -0.1) is 0 Å². The molecule has 0 aliphatic carbocycles. The van der Waals surface area contributed by atoms with Gasteiger partial charge in [0, 0.05) is 0 Å². The summed E-state index contributed by atoms with van der Waals surface area (Å²) >= 11 is 0. The first-order chi connectivity index (χ1) is 8.61. The number of hydrogen-bond donors (Lipinski definition) is 4. The Hall–Kier alpha value is -1.09. The molecule has 0 aliphatic rings. The lowest BCUT2D eigenvalue weighted by atomic mass is 10.4. The Morgan fingerprint density at radius 3 is 1.15 bits per heavy atom. The van der Waals surface area contributed by atoms with E-state index in [9.17, 15) is 16.8 Å². The summed E-state index contributed by atoms with van der Waals surface area (Å²) in [7, 11) is -12.3. The molecule has 20 heavy (non-hydrogen) atoms. The molecule has 0 spiro atoms. The van der Waals surface area contributed by atoms with Gasteiger partial charge in [0.1, 0.15) is 0 Å². The predicted molar refractivity (Wildman–Crippen MR) is 67.9 cm³/mol. The first kappa shape index (κ1) is 21.2. The molecule has 0 bridgehead atoms. The van der Waals surface area contributed by atoms with E-state index in [4.69, 9.17) is 26.6 Å². The van der Waals surface area contributed by atoms with Gasteiger partial charge in [-0.1, -0.05) is 18.2 Å². The van der Waals surface area contributed by atoms with Crippen LogP contribution < -0.4 is 0 Å². The molecule has 13 heteroatoms. The summed E-state index contributed by atoms with van der Waals surface area (Å²) in [5.41, 5.74) is 0. The largest absolute Gasteiger partial charge is 0.394 e. The van der Waals surface area contributed by atoms with Gasteiger partial charge >= 0.3 is 10.4 Å². The summed E-state index contributed by atoms with van der Waals surface area (Å²) in [5, 5.41) is 0. The lowest BCUT2D eigenvalue weighted by Gasteiger charge is -1.92. The van der Waals surface area contributed by atoms with Crippen molar-refractivity contribution in [1.29, 1.82) is 0 Å². The lowest BCUT2D eigenvalue weighted by Crippen LogP contribution is -1.96. The molecular weight excluding hydrogens is 340 g/mol. The molecule has 1 aromatic rings. The molecular formula is C7H12O10S3. The van der Waals surface area contributed by atoms with Crippen LogP contribution in [0.25, 0.3) is 0 Å². The van der Waals surface area contributed by atoms with Crippen molar-refractivity contribution in [1.82, 2.24) is 0 Å². The van der Waals surface area contributed by atoms with E-state index in [2.05, 4.69) is 0 Å². The third kappa shape index (κ3) is 25.7. The second-order valence-corrected chi connectivity index (χ2v) is 6.75. The van der Waals surface area contributed by atoms with Crippen LogP contribution in [0.2, 0.25) is 0 Å². The summed E-state index contributed by atoms with van der Waals surface area (Å²) in [6.07, 6.45) is 0.715. The minimum absolute atomic E-state index is 0.0741. The quantitative estimate of drug-likeness (QED) is 0.493. The summed E-state index contributed by atoms with van der Waals surface area (Å²) in [6, 6.07) is 7.42. The number of rotatable bonds is 1. The van der Waals surface area contributed by atoms with Crippen molar-refractivity contribution in [3.63, 3.8) is 0 Å². The van der Waals surface area contributed by atoms with E-state index in [1.54, 1.807) is 18.2 Å². The van der Waals surface area contributed by atoms with Crippen molar-refractivity contribution in [3.05, 3.63) is 30.3 Å². The average Bonchev–Trinajstić information content (AvgIpc) is 2.12. The van der Waals surface area contributed by atoms with Crippen LogP contribution in [0, 0.1) is 0 Å². The predicted octanol–water partition coefficient (Wildman–Crippen LogP) is -0.215. The van der Waals surface area contributed by atoms with Gasteiger partial charge in [0.2, 0.25) is 0 Å². The lowest BCUT2D eigenvalue weighted by molar-refractivity contribution is 0.380. The molecule has 1 aromatic carbocycles. The van der Waals surface area contributed by atoms with Crippen LogP contribution in [0.1, 0.15) is 0 Å². The topological polar surface area (TPSA) is 183 Å². The van der Waals surface area contributed by atoms with E-state index in [1.165, 1.54) is 12.1 Å². The van der Waals surface area contributed by atoms with E-state index in [0.29, 0.717) is 6.26 Å². The molecule has 4 N–H and O–H groups in total. The van der Waals surface area contributed by atoms with E-state index in [0.717, 1.165) is 0 Å². The Bertz CT molecular complexity index is 640. The average molecular weight is 352 g/mol. The summed E-state index contributed by atoms with van der Waals surface area (Å²) in [6.45, 7) is 0. The fourth-order valence-corrected chi connectivity index (χ4v) is 1.09. The highest BCUT2D eigenvalue weighted by Crippen LogP contribution is 2.05. The van der Waals surface area contributed by atoms with Gasteiger partial charge in [-0.05, 0) is 12.1 Å². The van der Waals surface area contributed by atoms with Crippen LogP contribution in [-0.4, -0.2) is 49.7 Å². The van der Waals surface area contributed by atoms with Gasteiger partial charge in [0.15, 0.2) is 0 Å². The molecule has 0 fully saturated rings. The van der Waals surface area contributed by atoms with Gasteiger partial charge in [0.25, 0.3) is 20.2 Å². The maximum Gasteiger partial charge on any atom is 0.394 e.